The number of aromatic nitrogens is 1. The molecule has 2 heterocycles. The predicted molar refractivity (Wildman–Crippen MR) is 66.5 cm³/mol. The number of amides is 1. The summed E-state index contributed by atoms with van der Waals surface area (Å²) < 4.78 is 4.97. The third-order valence-corrected chi connectivity index (χ3v) is 2.97. The number of rotatable bonds is 3. The van der Waals surface area contributed by atoms with E-state index >= 15 is 0 Å². The van der Waals surface area contributed by atoms with Gasteiger partial charge in [0.25, 0.3) is 5.91 Å². The molecule has 0 bridgehead atoms. The molecule has 1 fully saturated rings. The summed E-state index contributed by atoms with van der Waals surface area (Å²) in [5, 5.41) is 9.97. The maximum absolute atomic E-state index is 11.9. The first-order valence-corrected chi connectivity index (χ1v) is 5.60. The summed E-state index contributed by atoms with van der Waals surface area (Å²) >= 11 is 0. The molecule has 1 aromatic rings. The van der Waals surface area contributed by atoms with Crippen molar-refractivity contribution in [1.29, 1.82) is 0 Å². The standard InChI is InChI=1S/C11H17N3O2.ClH/c1-7-10(8(2)16-14-7)11(15)13-6-9-3-4-12-5-9;/h9,12H,3-6H2,1-2H3,(H,13,15);1H. The van der Waals surface area contributed by atoms with Crippen LogP contribution in [0.25, 0.3) is 0 Å². The lowest BCUT2D eigenvalue weighted by Crippen LogP contribution is -2.30. The Kier molecular flexibility index (Phi) is 4.96. The third-order valence-electron chi connectivity index (χ3n) is 2.97. The Bertz CT molecular complexity index is 367. The second-order valence-corrected chi connectivity index (χ2v) is 4.27. The Morgan fingerprint density at radius 2 is 2.35 bits per heavy atom. The summed E-state index contributed by atoms with van der Waals surface area (Å²) in [4.78, 5) is 11.9. The van der Waals surface area contributed by atoms with Gasteiger partial charge in [0.15, 0.2) is 0 Å². The fraction of sp³-hybridized carbons (Fsp3) is 0.636. The zero-order chi connectivity index (χ0) is 11.5. The molecule has 2 rings (SSSR count). The number of hydrogen-bond donors (Lipinski definition) is 2. The molecule has 1 unspecified atom stereocenters. The van der Waals surface area contributed by atoms with Crippen LogP contribution >= 0.6 is 12.4 Å². The number of hydrogen-bond acceptors (Lipinski definition) is 4. The molecular formula is C11H18ClN3O2. The van der Waals surface area contributed by atoms with Gasteiger partial charge in [0.1, 0.15) is 11.3 Å². The number of nitrogens with one attached hydrogen (secondary N) is 2. The molecule has 1 saturated heterocycles. The Balaban J connectivity index is 0.00000144. The Hall–Kier alpha value is -1.07. The van der Waals surface area contributed by atoms with Gasteiger partial charge in [0.05, 0.1) is 5.69 Å². The topological polar surface area (TPSA) is 67.2 Å². The largest absolute Gasteiger partial charge is 0.361 e. The quantitative estimate of drug-likeness (QED) is 0.852. The minimum Gasteiger partial charge on any atom is -0.361 e. The predicted octanol–water partition coefficient (Wildman–Crippen LogP) is 1.05. The number of carbonyl (C=O) groups is 1. The van der Waals surface area contributed by atoms with E-state index in [9.17, 15) is 4.79 Å². The van der Waals surface area contributed by atoms with E-state index in [4.69, 9.17) is 4.52 Å². The molecule has 96 valence electrons. The van der Waals surface area contributed by atoms with Crippen LogP contribution in [0.1, 0.15) is 28.2 Å². The molecule has 2 N–H and O–H groups in total. The van der Waals surface area contributed by atoms with Crippen molar-refractivity contribution in [2.24, 2.45) is 5.92 Å². The fourth-order valence-corrected chi connectivity index (χ4v) is 2.02. The van der Waals surface area contributed by atoms with Crippen molar-refractivity contribution >= 4 is 18.3 Å². The Labute approximate surface area is 107 Å². The van der Waals surface area contributed by atoms with E-state index in [0.717, 1.165) is 26.1 Å². The monoisotopic (exact) mass is 259 g/mol. The summed E-state index contributed by atoms with van der Waals surface area (Å²) in [6.07, 6.45) is 1.13. The van der Waals surface area contributed by atoms with E-state index in [1.54, 1.807) is 13.8 Å². The molecule has 0 spiro atoms. The Morgan fingerprint density at radius 1 is 1.59 bits per heavy atom. The lowest BCUT2D eigenvalue weighted by Gasteiger charge is -2.09. The first-order chi connectivity index (χ1) is 7.68. The Morgan fingerprint density at radius 3 is 2.88 bits per heavy atom. The molecule has 1 aliphatic rings. The van der Waals surface area contributed by atoms with Crippen molar-refractivity contribution in [1.82, 2.24) is 15.8 Å². The zero-order valence-corrected chi connectivity index (χ0v) is 10.9. The van der Waals surface area contributed by atoms with Crippen LogP contribution in [0.5, 0.6) is 0 Å². The van der Waals surface area contributed by atoms with Gasteiger partial charge in [0, 0.05) is 6.54 Å². The average Bonchev–Trinajstić information content (AvgIpc) is 2.86. The second kappa shape index (κ2) is 6.02. The van der Waals surface area contributed by atoms with E-state index in [-0.39, 0.29) is 18.3 Å². The zero-order valence-electron chi connectivity index (χ0n) is 10.1. The molecule has 0 aromatic carbocycles. The minimum atomic E-state index is -0.0804. The van der Waals surface area contributed by atoms with E-state index in [2.05, 4.69) is 15.8 Å². The van der Waals surface area contributed by atoms with Crippen LogP contribution in [-0.4, -0.2) is 30.7 Å². The highest BCUT2D eigenvalue weighted by molar-refractivity contribution is 5.96. The summed E-state index contributed by atoms with van der Waals surface area (Å²) in [6, 6.07) is 0. The number of carbonyl (C=O) groups excluding carboxylic acids is 1. The van der Waals surface area contributed by atoms with Crippen LogP contribution in [-0.2, 0) is 0 Å². The maximum Gasteiger partial charge on any atom is 0.256 e. The fourth-order valence-electron chi connectivity index (χ4n) is 2.02. The molecule has 0 radical (unpaired) electrons. The van der Waals surface area contributed by atoms with Crippen LogP contribution in [0.4, 0.5) is 0 Å². The van der Waals surface area contributed by atoms with Crippen molar-refractivity contribution in [2.45, 2.75) is 20.3 Å². The highest BCUT2D eigenvalue weighted by Gasteiger charge is 2.19. The van der Waals surface area contributed by atoms with Gasteiger partial charge in [-0.2, -0.15) is 0 Å². The van der Waals surface area contributed by atoms with Crippen molar-refractivity contribution in [2.75, 3.05) is 19.6 Å². The summed E-state index contributed by atoms with van der Waals surface area (Å²) in [6.45, 7) is 6.29. The van der Waals surface area contributed by atoms with Crippen LogP contribution < -0.4 is 10.6 Å². The number of aryl methyl sites for hydroxylation is 2. The number of halogens is 1. The van der Waals surface area contributed by atoms with Gasteiger partial charge in [-0.15, -0.1) is 12.4 Å². The summed E-state index contributed by atoms with van der Waals surface area (Å²) in [7, 11) is 0. The molecule has 0 aliphatic carbocycles. The van der Waals surface area contributed by atoms with Gasteiger partial charge in [-0.05, 0) is 39.3 Å². The van der Waals surface area contributed by atoms with E-state index < -0.39 is 0 Å². The van der Waals surface area contributed by atoms with E-state index in [1.165, 1.54) is 0 Å². The lowest BCUT2D eigenvalue weighted by molar-refractivity contribution is 0.0946. The molecule has 5 nitrogen and oxygen atoms in total. The molecule has 1 amide bonds. The molecule has 1 aromatic heterocycles. The van der Waals surface area contributed by atoms with Crippen molar-refractivity contribution < 1.29 is 9.32 Å². The molecule has 1 atom stereocenters. The highest BCUT2D eigenvalue weighted by atomic mass is 35.5. The average molecular weight is 260 g/mol. The van der Waals surface area contributed by atoms with Gasteiger partial charge in [0.2, 0.25) is 0 Å². The minimum absolute atomic E-state index is 0. The normalized spacial score (nSPS) is 18.8. The molecule has 0 saturated carbocycles. The van der Waals surface area contributed by atoms with Crippen LogP contribution in [0.3, 0.4) is 0 Å². The molecule has 17 heavy (non-hydrogen) atoms. The molecule has 1 aliphatic heterocycles. The first kappa shape index (κ1) is 14.0. The van der Waals surface area contributed by atoms with Crippen LogP contribution in [0, 0.1) is 19.8 Å². The van der Waals surface area contributed by atoms with E-state index in [1.807, 2.05) is 0 Å². The lowest BCUT2D eigenvalue weighted by atomic mass is 10.1. The summed E-state index contributed by atoms with van der Waals surface area (Å²) in [5.41, 5.74) is 1.23. The van der Waals surface area contributed by atoms with Gasteiger partial charge in [-0.1, -0.05) is 5.16 Å². The van der Waals surface area contributed by atoms with Crippen LogP contribution in [0.15, 0.2) is 4.52 Å². The van der Waals surface area contributed by atoms with Crippen molar-refractivity contribution in [3.05, 3.63) is 17.0 Å². The third kappa shape index (κ3) is 3.20. The van der Waals surface area contributed by atoms with Crippen molar-refractivity contribution in [3.63, 3.8) is 0 Å². The van der Waals surface area contributed by atoms with Gasteiger partial charge in [-0.3, -0.25) is 4.79 Å². The first-order valence-electron chi connectivity index (χ1n) is 5.60. The second-order valence-electron chi connectivity index (χ2n) is 4.27. The summed E-state index contributed by atoms with van der Waals surface area (Å²) in [5.74, 6) is 1.05. The van der Waals surface area contributed by atoms with Crippen molar-refractivity contribution in [3.8, 4) is 0 Å². The van der Waals surface area contributed by atoms with Gasteiger partial charge >= 0.3 is 0 Å². The molecule has 6 heteroatoms. The van der Waals surface area contributed by atoms with Gasteiger partial charge in [-0.25, -0.2) is 0 Å². The smallest absolute Gasteiger partial charge is 0.256 e. The van der Waals surface area contributed by atoms with E-state index in [0.29, 0.717) is 22.9 Å². The van der Waals surface area contributed by atoms with Gasteiger partial charge < -0.3 is 15.2 Å². The molecular weight excluding hydrogens is 242 g/mol. The maximum atomic E-state index is 11.9. The van der Waals surface area contributed by atoms with Crippen LogP contribution in [0.2, 0.25) is 0 Å². The SMILES string of the molecule is Cc1noc(C)c1C(=O)NCC1CCNC1.Cl. The number of nitrogens with zero attached hydrogens (tertiary/aromatic N) is 1. The highest BCUT2D eigenvalue weighted by Crippen LogP contribution is 2.12.